The lowest BCUT2D eigenvalue weighted by molar-refractivity contribution is -0.146. The van der Waals surface area contributed by atoms with Crippen molar-refractivity contribution in [3.8, 4) is 6.07 Å². The maximum absolute atomic E-state index is 13.2. The van der Waals surface area contributed by atoms with Crippen molar-refractivity contribution in [2.24, 2.45) is 0 Å². The van der Waals surface area contributed by atoms with E-state index in [-0.39, 0.29) is 30.9 Å². The van der Waals surface area contributed by atoms with Gasteiger partial charge in [0.15, 0.2) is 5.78 Å². The van der Waals surface area contributed by atoms with Gasteiger partial charge in [-0.3, -0.25) is 14.4 Å². The summed E-state index contributed by atoms with van der Waals surface area (Å²) in [5.74, 6) is -1.39. The van der Waals surface area contributed by atoms with Crippen molar-refractivity contribution in [1.29, 1.82) is 5.26 Å². The molecule has 1 aromatic rings. The Kier molecular flexibility index (Phi) is 12.3. The number of hydrogen-bond acceptors (Lipinski definition) is 4. The first-order valence-electron chi connectivity index (χ1n) is 13.1. The van der Waals surface area contributed by atoms with Gasteiger partial charge in [0.1, 0.15) is 6.07 Å². The van der Waals surface area contributed by atoms with Gasteiger partial charge in [-0.2, -0.15) is 5.26 Å². The van der Waals surface area contributed by atoms with E-state index in [0.717, 1.165) is 12.8 Å². The molecule has 5 heteroatoms. The van der Waals surface area contributed by atoms with Crippen LogP contribution in [0.1, 0.15) is 107 Å². The highest BCUT2D eigenvalue weighted by Gasteiger charge is 2.55. The zero-order valence-corrected chi connectivity index (χ0v) is 20.8. The second-order valence-electron chi connectivity index (χ2n) is 9.22. The minimum Gasteiger partial charge on any atom is -0.311 e. The highest BCUT2D eigenvalue weighted by Crippen LogP contribution is 2.30. The third kappa shape index (κ3) is 7.65. The number of amides is 1. The van der Waals surface area contributed by atoms with Crippen LogP contribution < -0.4 is 0 Å². The molecule has 1 aliphatic heterocycles. The van der Waals surface area contributed by atoms with E-state index >= 15 is 0 Å². The van der Waals surface area contributed by atoms with E-state index in [1.165, 1.54) is 62.7 Å². The molecule has 0 aromatic heterocycles. The number of unbranched alkanes of at least 4 members (excludes halogenated alkanes) is 10. The maximum Gasteiger partial charge on any atom is 0.252 e. The van der Waals surface area contributed by atoms with Gasteiger partial charge in [-0.25, -0.2) is 0 Å². The maximum atomic E-state index is 13.2. The van der Waals surface area contributed by atoms with E-state index in [1.807, 2.05) is 6.07 Å². The van der Waals surface area contributed by atoms with Gasteiger partial charge in [-0.05, 0) is 25.7 Å². The van der Waals surface area contributed by atoms with Gasteiger partial charge >= 0.3 is 0 Å². The molecule has 1 aliphatic rings. The predicted octanol–water partition coefficient (Wildman–Crippen LogP) is 6.58. The van der Waals surface area contributed by atoms with Crippen LogP contribution in [-0.2, 0) is 9.59 Å². The van der Waals surface area contributed by atoms with Gasteiger partial charge in [0.2, 0.25) is 11.7 Å². The fraction of sp³-hybridized carbons (Fsp3) is 0.586. The Morgan fingerprint density at radius 1 is 0.912 bits per heavy atom. The molecule has 0 bridgehead atoms. The minimum atomic E-state index is -2.04. The quantitative estimate of drug-likeness (QED) is 0.120. The predicted molar refractivity (Wildman–Crippen MR) is 135 cm³/mol. The van der Waals surface area contributed by atoms with Gasteiger partial charge < -0.3 is 4.90 Å². The highest BCUT2D eigenvalue weighted by atomic mass is 16.2. The lowest BCUT2D eigenvalue weighted by Gasteiger charge is -2.39. The van der Waals surface area contributed by atoms with Gasteiger partial charge in [0.25, 0.3) is 5.54 Å². The number of benzene rings is 1. The number of Topliss-reactive ketones (excluding diaryl/α,β-unsaturated/α-hetero) is 2. The van der Waals surface area contributed by atoms with E-state index in [4.69, 9.17) is 0 Å². The molecule has 2 rings (SSSR count). The van der Waals surface area contributed by atoms with Gasteiger partial charge in [-0.15, -0.1) is 0 Å². The summed E-state index contributed by atoms with van der Waals surface area (Å²) in [6.07, 6.45) is 18.5. The molecule has 0 saturated carbocycles. The van der Waals surface area contributed by atoms with Crippen LogP contribution >= 0.6 is 0 Å². The number of likely N-dealkylation sites (tertiary alicyclic amines) is 1. The molecular weight excluding hydrogens is 424 g/mol. The van der Waals surface area contributed by atoms with Gasteiger partial charge in [0, 0.05) is 24.9 Å². The Labute approximate surface area is 205 Å². The number of carbonyl (C=O) groups excluding carboxylic acids is 3. The van der Waals surface area contributed by atoms with Crippen molar-refractivity contribution in [3.63, 3.8) is 0 Å². The van der Waals surface area contributed by atoms with Crippen LogP contribution in [0.15, 0.2) is 42.5 Å². The molecular formula is C29H40N2O3. The monoisotopic (exact) mass is 464 g/mol. The summed E-state index contributed by atoms with van der Waals surface area (Å²) in [6, 6.07) is 10.3. The number of nitriles is 1. The molecule has 1 atom stereocenters. The summed E-state index contributed by atoms with van der Waals surface area (Å²) in [5.41, 5.74) is -1.77. The number of rotatable bonds is 16. The number of piperidine rings is 1. The van der Waals surface area contributed by atoms with E-state index in [2.05, 4.69) is 19.1 Å². The lowest BCUT2D eigenvalue weighted by atomic mass is 9.79. The summed E-state index contributed by atoms with van der Waals surface area (Å²) < 4.78 is 0. The second kappa shape index (κ2) is 15.2. The van der Waals surface area contributed by atoms with Crippen LogP contribution in [0, 0.1) is 11.3 Å². The molecule has 1 aromatic carbocycles. The molecule has 1 unspecified atom stereocenters. The van der Waals surface area contributed by atoms with Crippen LogP contribution in [0.25, 0.3) is 0 Å². The van der Waals surface area contributed by atoms with E-state index in [9.17, 15) is 19.6 Å². The number of ketones is 2. The smallest absolute Gasteiger partial charge is 0.252 e. The molecule has 5 nitrogen and oxygen atoms in total. The number of nitrogens with zero attached hydrogens (tertiary/aromatic N) is 2. The molecule has 34 heavy (non-hydrogen) atoms. The Morgan fingerprint density at radius 3 is 2.12 bits per heavy atom. The molecule has 0 N–H and O–H groups in total. The zero-order valence-electron chi connectivity index (χ0n) is 20.8. The minimum absolute atomic E-state index is 0.0543. The Morgan fingerprint density at radius 2 is 1.50 bits per heavy atom. The molecule has 0 spiro atoms. The summed E-state index contributed by atoms with van der Waals surface area (Å²) >= 11 is 0. The van der Waals surface area contributed by atoms with Crippen LogP contribution in [0.4, 0.5) is 0 Å². The van der Waals surface area contributed by atoms with Gasteiger partial charge in [-0.1, -0.05) is 101 Å². The standard InChI is InChI=1S/C29H40N2O3/c1-2-3-4-5-6-7-8-9-10-11-12-13-14-18-23-31-27(33)22-21-26(32)29(31,24-30)28(34)25-19-16-15-17-20-25/h12-13,15-17,19-20H,2-11,14,18,21-23H2,1H3. The zero-order chi connectivity index (χ0) is 24.7. The SMILES string of the molecule is CCCCCCCCCCCC=CCCCN1C(=O)CCC(=O)C1(C#N)C(=O)c1ccccc1. The van der Waals surface area contributed by atoms with Crippen molar-refractivity contribution in [3.05, 3.63) is 48.0 Å². The molecule has 1 fully saturated rings. The third-order valence-corrected chi connectivity index (χ3v) is 6.60. The van der Waals surface area contributed by atoms with Crippen molar-refractivity contribution in [1.82, 2.24) is 4.90 Å². The van der Waals surface area contributed by atoms with E-state index in [1.54, 1.807) is 30.3 Å². The normalized spacial score (nSPS) is 18.4. The van der Waals surface area contributed by atoms with Crippen LogP contribution in [0.5, 0.6) is 0 Å². The van der Waals surface area contributed by atoms with Crippen molar-refractivity contribution >= 4 is 17.5 Å². The van der Waals surface area contributed by atoms with E-state index < -0.39 is 17.1 Å². The van der Waals surface area contributed by atoms with Gasteiger partial charge in [0.05, 0.1) is 0 Å². The molecule has 1 amide bonds. The highest BCUT2D eigenvalue weighted by molar-refractivity contribution is 6.24. The summed E-state index contributed by atoms with van der Waals surface area (Å²) in [5, 5.41) is 9.95. The molecule has 0 aliphatic carbocycles. The molecule has 1 heterocycles. The van der Waals surface area contributed by atoms with Crippen molar-refractivity contribution in [2.45, 2.75) is 102 Å². The topological polar surface area (TPSA) is 78.2 Å². The molecule has 184 valence electrons. The molecule has 1 saturated heterocycles. The fourth-order valence-corrected chi connectivity index (χ4v) is 4.56. The first-order valence-corrected chi connectivity index (χ1v) is 13.1. The van der Waals surface area contributed by atoms with E-state index in [0.29, 0.717) is 6.42 Å². The largest absolute Gasteiger partial charge is 0.311 e. The lowest BCUT2D eigenvalue weighted by Crippen LogP contribution is -2.64. The fourth-order valence-electron chi connectivity index (χ4n) is 4.56. The third-order valence-electron chi connectivity index (χ3n) is 6.60. The second-order valence-corrected chi connectivity index (χ2v) is 9.22. The number of carbonyl (C=O) groups is 3. The first-order chi connectivity index (χ1) is 16.6. The summed E-state index contributed by atoms with van der Waals surface area (Å²) in [7, 11) is 0. The molecule has 0 radical (unpaired) electrons. The van der Waals surface area contributed by atoms with Crippen LogP contribution in [0.3, 0.4) is 0 Å². The summed E-state index contributed by atoms with van der Waals surface area (Å²) in [6.45, 7) is 2.47. The van der Waals surface area contributed by atoms with Crippen molar-refractivity contribution in [2.75, 3.05) is 6.54 Å². The average Bonchev–Trinajstić information content (AvgIpc) is 2.86. The van der Waals surface area contributed by atoms with Crippen LogP contribution in [0.2, 0.25) is 0 Å². The summed E-state index contributed by atoms with van der Waals surface area (Å²) in [4.78, 5) is 39.9. The number of allylic oxidation sites excluding steroid dienone is 2. The Hall–Kier alpha value is -2.74. The number of hydrogen-bond donors (Lipinski definition) is 0. The Bertz CT molecular complexity index is 856. The van der Waals surface area contributed by atoms with Crippen LogP contribution in [-0.4, -0.2) is 34.5 Å². The van der Waals surface area contributed by atoms with Crippen molar-refractivity contribution < 1.29 is 14.4 Å². The first kappa shape index (κ1) is 27.5. The average molecular weight is 465 g/mol. The Balaban J connectivity index is 1.78.